The van der Waals surface area contributed by atoms with E-state index in [9.17, 15) is 4.79 Å². The van der Waals surface area contributed by atoms with Gasteiger partial charge in [0.25, 0.3) is 0 Å². The number of rotatable bonds is 14. The van der Waals surface area contributed by atoms with E-state index in [2.05, 4.69) is 5.32 Å². The van der Waals surface area contributed by atoms with Crippen LogP contribution in [0.2, 0.25) is 0 Å². The van der Waals surface area contributed by atoms with Crippen molar-refractivity contribution in [2.75, 3.05) is 73.1 Å². The lowest BCUT2D eigenvalue weighted by molar-refractivity contribution is -0.00934. The van der Waals surface area contributed by atoms with Gasteiger partial charge in [-0.3, -0.25) is 0 Å². The van der Waals surface area contributed by atoms with Crippen LogP contribution in [0.5, 0.6) is 0 Å². The van der Waals surface area contributed by atoms with E-state index in [0.717, 1.165) is 0 Å². The first kappa shape index (κ1) is 19.1. The largest absolute Gasteiger partial charge is 0.447 e. The number of amides is 1. The minimum Gasteiger partial charge on any atom is -0.447 e. The van der Waals surface area contributed by atoms with E-state index in [4.69, 9.17) is 28.8 Å². The SMILES string of the molecule is CNC(=O)OCCOCCOCCOCCOCCO. The molecule has 0 aliphatic carbocycles. The van der Waals surface area contributed by atoms with Crippen molar-refractivity contribution in [1.29, 1.82) is 0 Å². The summed E-state index contributed by atoms with van der Waals surface area (Å²) in [5.41, 5.74) is 0. The van der Waals surface area contributed by atoms with Crippen molar-refractivity contribution in [2.45, 2.75) is 0 Å². The Balaban J connectivity index is 2.97. The Morgan fingerprint density at radius 2 is 1.20 bits per heavy atom. The van der Waals surface area contributed by atoms with Gasteiger partial charge in [0.2, 0.25) is 0 Å². The summed E-state index contributed by atoms with van der Waals surface area (Å²) < 4.78 is 25.4. The zero-order valence-electron chi connectivity index (χ0n) is 12.0. The molecular formula is C12H25NO7. The highest BCUT2D eigenvalue weighted by atomic mass is 16.6. The molecule has 8 nitrogen and oxygen atoms in total. The number of nitrogens with one attached hydrogen (secondary N) is 1. The number of hydrogen-bond donors (Lipinski definition) is 2. The van der Waals surface area contributed by atoms with Gasteiger partial charge in [0.05, 0.1) is 59.5 Å². The quantitative estimate of drug-likeness (QED) is 0.413. The molecule has 0 radical (unpaired) electrons. The molecule has 0 aliphatic rings. The first-order chi connectivity index (χ1) is 9.81. The van der Waals surface area contributed by atoms with E-state index in [1.54, 1.807) is 0 Å². The van der Waals surface area contributed by atoms with Crippen LogP contribution in [0, 0.1) is 0 Å². The Morgan fingerprint density at radius 1 is 0.800 bits per heavy atom. The predicted octanol–water partition coefficient (Wildman–Crippen LogP) is -0.599. The number of carbonyl (C=O) groups excluding carboxylic acids is 1. The fraction of sp³-hybridized carbons (Fsp3) is 0.917. The van der Waals surface area contributed by atoms with Crippen LogP contribution in [0.3, 0.4) is 0 Å². The average Bonchev–Trinajstić information content (AvgIpc) is 2.47. The van der Waals surface area contributed by atoms with E-state index in [-0.39, 0.29) is 13.2 Å². The summed E-state index contributed by atoms with van der Waals surface area (Å²) in [7, 11) is 1.50. The first-order valence-electron chi connectivity index (χ1n) is 6.57. The molecule has 0 aromatic carbocycles. The Morgan fingerprint density at radius 3 is 1.60 bits per heavy atom. The summed E-state index contributed by atoms with van der Waals surface area (Å²) in [6.45, 7) is 3.75. The normalized spacial score (nSPS) is 10.5. The molecule has 0 aliphatic heterocycles. The number of hydrogen-bond acceptors (Lipinski definition) is 7. The molecule has 8 heteroatoms. The summed E-state index contributed by atoms with van der Waals surface area (Å²) in [5, 5.41) is 10.8. The van der Waals surface area contributed by atoms with Crippen LogP contribution in [-0.4, -0.2) is 84.3 Å². The minimum atomic E-state index is -0.468. The van der Waals surface area contributed by atoms with E-state index < -0.39 is 6.09 Å². The fourth-order valence-corrected chi connectivity index (χ4v) is 1.09. The van der Waals surface area contributed by atoms with Crippen LogP contribution in [0.1, 0.15) is 0 Å². The van der Waals surface area contributed by atoms with E-state index in [0.29, 0.717) is 52.9 Å². The fourth-order valence-electron chi connectivity index (χ4n) is 1.09. The smallest absolute Gasteiger partial charge is 0.406 e. The summed E-state index contributed by atoms with van der Waals surface area (Å²) in [6, 6.07) is 0. The molecule has 2 N–H and O–H groups in total. The van der Waals surface area contributed by atoms with Gasteiger partial charge in [-0.2, -0.15) is 0 Å². The van der Waals surface area contributed by atoms with Gasteiger partial charge >= 0.3 is 6.09 Å². The van der Waals surface area contributed by atoms with E-state index in [1.807, 2.05) is 0 Å². The molecule has 0 unspecified atom stereocenters. The van der Waals surface area contributed by atoms with Gasteiger partial charge in [0, 0.05) is 7.05 Å². The standard InChI is InChI=1S/C12H25NO7/c1-13-12(15)20-11-10-19-9-8-18-7-6-17-5-4-16-3-2-14/h14H,2-11H2,1H3,(H,13,15). The molecule has 120 valence electrons. The topological polar surface area (TPSA) is 95.5 Å². The third kappa shape index (κ3) is 15.1. The third-order valence-corrected chi connectivity index (χ3v) is 2.02. The van der Waals surface area contributed by atoms with Crippen LogP contribution in [0.15, 0.2) is 0 Å². The van der Waals surface area contributed by atoms with Gasteiger partial charge in [0.1, 0.15) is 6.61 Å². The lowest BCUT2D eigenvalue weighted by atomic mass is 10.7. The van der Waals surface area contributed by atoms with E-state index in [1.165, 1.54) is 7.05 Å². The van der Waals surface area contributed by atoms with Gasteiger partial charge < -0.3 is 34.1 Å². The van der Waals surface area contributed by atoms with Crippen LogP contribution in [-0.2, 0) is 23.7 Å². The first-order valence-corrected chi connectivity index (χ1v) is 6.57. The molecule has 0 spiro atoms. The maximum atomic E-state index is 10.7. The number of carbonyl (C=O) groups is 1. The number of aliphatic hydroxyl groups excluding tert-OH is 1. The molecular weight excluding hydrogens is 270 g/mol. The highest BCUT2D eigenvalue weighted by molar-refractivity contribution is 5.66. The molecule has 0 heterocycles. The van der Waals surface area contributed by atoms with Gasteiger partial charge in [0.15, 0.2) is 0 Å². The molecule has 0 saturated heterocycles. The molecule has 0 fully saturated rings. The maximum Gasteiger partial charge on any atom is 0.406 e. The molecule has 0 bridgehead atoms. The van der Waals surface area contributed by atoms with Crippen LogP contribution in [0.25, 0.3) is 0 Å². The monoisotopic (exact) mass is 295 g/mol. The summed E-state index contributed by atoms with van der Waals surface area (Å²) in [6.07, 6.45) is -0.468. The van der Waals surface area contributed by atoms with Crippen molar-refractivity contribution in [2.24, 2.45) is 0 Å². The van der Waals surface area contributed by atoms with Crippen molar-refractivity contribution < 1.29 is 33.6 Å². The lowest BCUT2D eigenvalue weighted by Gasteiger charge is -2.07. The zero-order chi connectivity index (χ0) is 14.9. The number of aliphatic hydroxyl groups is 1. The molecule has 0 saturated carbocycles. The Hall–Kier alpha value is -0.930. The molecule has 0 aromatic rings. The predicted molar refractivity (Wildman–Crippen MR) is 70.8 cm³/mol. The maximum absolute atomic E-state index is 10.7. The Kier molecular flexibility index (Phi) is 15.4. The molecule has 0 rings (SSSR count). The lowest BCUT2D eigenvalue weighted by Crippen LogP contribution is -2.21. The molecule has 0 aromatic heterocycles. The summed E-state index contributed by atoms with van der Waals surface area (Å²) in [5.74, 6) is 0. The Labute approximate surface area is 119 Å². The van der Waals surface area contributed by atoms with Crippen molar-refractivity contribution >= 4 is 6.09 Å². The zero-order valence-corrected chi connectivity index (χ0v) is 12.0. The minimum absolute atomic E-state index is 0.0251. The summed E-state index contributed by atoms with van der Waals surface area (Å²) >= 11 is 0. The number of alkyl carbamates (subject to hydrolysis) is 1. The highest BCUT2D eigenvalue weighted by Gasteiger charge is 1.96. The van der Waals surface area contributed by atoms with E-state index >= 15 is 0 Å². The van der Waals surface area contributed by atoms with Gasteiger partial charge in [-0.1, -0.05) is 0 Å². The third-order valence-electron chi connectivity index (χ3n) is 2.02. The van der Waals surface area contributed by atoms with Crippen LogP contribution >= 0.6 is 0 Å². The summed E-state index contributed by atoms with van der Waals surface area (Å²) in [4.78, 5) is 10.7. The molecule has 20 heavy (non-hydrogen) atoms. The van der Waals surface area contributed by atoms with Gasteiger partial charge in [-0.25, -0.2) is 4.79 Å². The molecule has 0 atom stereocenters. The van der Waals surface area contributed by atoms with Gasteiger partial charge in [-0.05, 0) is 0 Å². The average molecular weight is 295 g/mol. The second-order valence-electron chi connectivity index (χ2n) is 3.56. The van der Waals surface area contributed by atoms with Crippen LogP contribution < -0.4 is 5.32 Å². The number of ether oxygens (including phenoxy) is 5. The van der Waals surface area contributed by atoms with Crippen molar-refractivity contribution in [3.8, 4) is 0 Å². The second-order valence-corrected chi connectivity index (χ2v) is 3.56. The van der Waals surface area contributed by atoms with Crippen molar-refractivity contribution in [3.63, 3.8) is 0 Å². The van der Waals surface area contributed by atoms with Crippen molar-refractivity contribution in [3.05, 3.63) is 0 Å². The highest BCUT2D eigenvalue weighted by Crippen LogP contribution is 1.83. The second kappa shape index (κ2) is 16.1. The van der Waals surface area contributed by atoms with Crippen LogP contribution in [0.4, 0.5) is 4.79 Å². The van der Waals surface area contributed by atoms with Gasteiger partial charge in [-0.15, -0.1) is 0 Å². The Bertz CT molecular complexity index is 216. The van der Waals surface area contributed by atoms with Crippen molar-refractivity contribution in [1.82, 2.24) is 5.32 Å². The molecule has 1 amide bonds.